The van der Waals surface area contributed by atoms with Crippen LogP contribution in [0.3, 0.4) is 0 Å². The predicted molar refractivity (Wildman–Crippen MR) is 154 cm³/mol. The fourth-order valence-corrected chi connectivity index (χ4v) is 10.5. The van der Waals surface area contributed by atoms with Crippen molar-refractivity contribution in [3.8, 4) is 22.3 Å². The first-order valence-electron chi connectivity index (χ1n) is 12.7. The summed E-state index contributed by atoms with van der Waals surface area (Å²) in [5.41, 5.74) is 10.4. The van der Waals surface area contributed by atoms with Crippen LogP contribution in [0, 0.1) is 0 Å². The number of hydrogen-bond donors (Lipinski definition) is 0. The second-order valence-corrected chi connectivity index (χ2v) is 13.6. The van der Waals surface area contributed by atoms with Crippen LogP contribution in [0.25, 0.3) is 22.3 Å². The topological polar surface area (TPSA) is 6.48 Å². The van der Waals surface area contributed by atoms with Gasteiger partial charge in [-0.2, -0.15) is 0 Å². The quantitative estimate of drug-likeness (QED) is 0.257. The molecule has 0 atom stereocenters. The lowest BCUT2D eigenvalue weighted by Crippen LogP contribution is -2.60. The van der Waals surface area contributed by atoms with Crippen molar-refractivity contribution in [1.29, 1.82) is 0 Å². The van der Waals surface area contributed by atoms with Crippen LogP contribution in [0.5, 0.6) is 0 Å². The normalized spacial score (nSPS) is 15.1. The largest absolute Gasteiger partial charge is 0.352 e. The molecule has 0 aromatic heterocycles. The van der Waals surface area contributed by atoms with Crippen LogP contribution >= 0.6 is 0 Å². The van der Waals surface area contributed by atoms with Crippen LogP contribution in [0.1, 0.15) is 27.7 Å². The molecule has 3 heteroatoms. The van der Waals surface area contributed by atoms with Crippen LogP contribution in [0.2, 0.25) is 12.1 Å². The highest BCUT2D eigenvalue weighted by atomic mass is 28.3. The molecule has 0 amide bonds. The summed E-state index contributed by atoms with van der Waals surface area (Å²) in [6.45, 7) is 9.37. The van der Waals surface area contributed by atoms with E-state index in [4.69, 9.17) is 0 Å². The predicted octanol–water partition coefficient (Wildman–Crippen LogP) is 9.08. The molecule has 1 heterocycles. The molecule has 0 radical (unpaired) electrons. The summed E-state index contributed by atoms with van der Waals surface area (Å²) in [7, 11) is -2.10. The van der Waals surface area contributed by atoms with E-state index in [2.05, 4.69) is 146 Å². The molecule has 5 rings (SSSR count). The molecule has 0 fully saturated rings. The standard InChI is InChI=1S/C32H34N2Si/c1-5-35(6-2)33(31-21-13-19-29(23-31)27-15-9-7-10-16-27)25(3)26(4)34(35)32-22-14-20-30(24-32)28-17-11-8-12-18-28/h7-24H,5-6H2,1-4H3. The fourth-order valence-electron chi connectivity index (χ4n) is 5.71. The number of allylic oxidation sites excluding steroid dienone is 2. The zero-order chi connectivity index (χ0) is 24.4. The third kappa shape index (κ3) is 4.00. The van der Waals surface area contributed by atoms with Gasteiger partial charge in [0.1, 0.15) is 0 Å². The first kappa shape index (κ1) is 23.2. The van der Waals surface area contributed by atoms with Crippen LogP contribution in [-0.2, 0) is 0 Å². The molecule has 176 valence electrons. The zero-order valence-electron chi connectivity index (χ0n) is 21.2. The highest BCUT2D eigenvalue weighted by Gasteiger charge is 2.50. The molecule has 0 N–H and O–H groups in total. The maximum absolute atomic E-state index is 2.71. The Kier molecular flexibility index (Phi) is 6.36. The molecule has 0 spiro atoms. The number of rotatable bonds is 6. The summed E-state index contributed by atoms with van der Waals surface area (Å²) >= 11 is 0. The zero-order valence-corrected chi connectivity index (χ0v) is 22.2. The lowest BCUT2D eigenvalue weighted by atomic mass is 10.1. The van der Waals surface area contributed by atoms with Gasteiger partial charge < -0.3 is 9.13 Å². The van der Waals surface area contributed by atoms with Gasteiger partial charge in [-0.25, -0.2) is 0 Å². The Morgan fingerprint density at radius 1 is 0.486 bits per heavy atom. The summed E-state index contributed by atoms with van der Waals surface area (Å²) in [5, 5.41) is 0. The Morgan fingerprint density at radius 3 is 1.23 bits per heavy atom. The Balaban J connectivity index is 1.61. The van der Waals surface area contributed by atoms with E-state index in [1.165, 1.54) is 45.0 Å². The molecule has 35 heavy (non-hydrogen) atoms. The maximum atomic E-state index is 2.71. The van der Waals surface area contributed by atoms with E-state index in [9.17, 15) is 0 Å². The molecule has 4 aromatic rings. The first-order valence-corrected chi connectivity index (χ1v) is 15.0. The minimum atomic E-state index is -2.10. The van der Waals surface area contributed by atoms with E-state index in [0.717, 1.165) is 12.1 Å². The Bertz CT molecular complexity index is 1240. The summed E-state index contributed by atoms with van der Waals surface area (Å²) in [5.74, 6) is 0. The first-order chi connectivity index (χ1) is 17.1. The van der Waals surface area contributed by atoms with E-state index < -0.39 is 8.40 Å². The third-order valence-corrected chi connectivity index (χ3v) is 12.7. The summed E-state index contributed by atoms with van der Waals surface area (Å²) in [6, 6.07) is 41.9. The van der Waals surface area contributed by atoms with E-state index in [1.807, 2.05) is 0 Å². The molecule has 0 bridgehead atoms. The SMILES string of the molecule is CC[Si]1(CC)N(c2cccc(-c3ccccc3)c2)C(C)=C(C)N1c1cccc(-c2ccccc2)c1. The molecule has 1 aliphatic rings. The van der Waals surface area contributed by atoms with Crippen molar-refractivity contribution in [2.75, 3.05) is 9.13 Å². The van der Waals surface area contributed by atoms with Gasteiger partial charge in [0.2, 0.25) is 0 Å². The van der Waals surface area contributed by atoms with Gasteiger partial charge in [0, 0.05) is 22.8 Å². The van der Waals surface area contributed by atoms with Gasteiger partial charge in [-0.15, -0.1) is 0 Å². The van der Waals surface area contributed by atoms with E-state index in [0.29, 0.717) is 0 Å². The number of nitrogens with zero attached hydrogens (tertiary/aromatic N) is 2. The van der Waals surface area contributed by atoms with Crippen molar-refractivity contribution in [2.45, 2.75) is 39.8 Å². The second kappa shape index (κ2) is 9.59. The monoisotopic (exact) mass is 474 g/mol. The van der Waals surface area contributed by atoms with Gasteiger partial charge in [0.15, 0.2) is 0 Å². The van der Waals surface area contributed by atoms with Crippen LogP contribution in [0.4, 0.5) is 11.4 Å². The molecule has 2 nitrogen and oxygen atoms in total. The average Bonchev–Trinajstić information content (AvgIpc) is 3.16. The lowest BCUT2D eigenvalue weighted by Gasteiger charge is -2.44. The van der Waals surface area contributed by atoms with Gasteiger partial charge in [-0.1, -0.05) is 98.8 Å². The molecule has 0 aliphatic carbocycles. The van der Waals surface area contributed by atoms with Crippen molar-refractivity contribution in [1.82, 2.24) is 0 Å². The molecule has 0 unspecified atom stereocenters. The smallest absolute Gasteiger partial charge is 0.272 e. The lowest BCUT2D eigenvalue weighted by molar-refractivity contribution is 1.11. The Morgan fingerprint density at radius 2 is 0.857 bits per heavy atom. The molecule has 0 saturated heterocycles. The number of hydrogen-bond acceptors (Lipinski definition) is 2. The van der Waals surface area contributed by atoms with Crippen molar-refractivity contribution in [3.05, 3.63) is 121 Å². The van der Waals surface area contributed by atoms with Crippen molar-refractivity contribution < 1.29 is 0 Å². The average molecular weight is 475 g/mol. The fraction of sp³-hybridized carbons (Fsp3) is 0.188. The van der Waals surface area contributed by atoms with Gasteiger partial charge in [0.25, 0.3) is 8.40 Å². The number of anilines is 2. The van der Waals surface area contributed by atoms with Crippen LogP contribution in [-0.4, -0.2) is 8.40 Å². The molecule has 0 saturated carbocycles. The minimum Gasteiger partial charge on any atom is -0.352 e. The number of benzene rings is 4. The molecular weight excluding hydrogens is 440 g/mol. The van der Waals surface area contributed by atoms with E-state index >= 15 is 0 Å². The molecule has 4 aromatic carbocycles. The third-order valence-electron chi connectivity index (χ3n) is 7.58. The summed E-state index contributed by atoms with van der Waals surface area (Å²) < 4.78 is 5.42. The van der Waals surface area contributed by atoms with Crippen molar-refractivity contribution in [2.24, 2.45) is 0 Å². The van der Waals surface area contributed by atoms with Gasteiger partial charge in [-0.3, -0.25) is 0 Å². The van der Waals surface area contributed by atoms with Gasteiger partial charge >= 0.3 is 0 Å². The van der Waals surface area contributed by atoms with Crippen LogP contribution in [0.15, 0.2) is 121 Å². The Hall–Kier alpha value is -3.56. The molecular formula is C32H34N2Si. The van der Waals surface area contributed by atoms with Crippen LogP contribution < -0.4 is 9.13 Å². The highest BCUT2D eigenvalue weighted by Crippen LogP contribution is 2.46. The Labute approximate surface area is 211 Å². The summed E-state index contributed by atoms with van der Waals surface area (Å²) in [4.78, 5) is 0. The minimum absolute atomic E-state index is 1.14. The van der Waals surface area contributed by atoms with Crippen molar-refractivity contribution in [3.63, 3.8) is 0 Å². The van der Waals surface area contributed by atoms with Gasteiger partial charge in [0.05, 0.1) is 0 Å². The van der Waals surface area contributed by atoms with Gasteiger partial charge in [-0.05, 0) is 72.5 Å². The van der Waals surface area contributed by atoms with Crippen molar-refractivity contribution >= 4 is 19.8 Å². The van der Waals surface area contributed by atoms with E-state index in [1.54, 1.807) is 0 Å². The summed E-state index contributed by atoms with van der Waals surface area (Å²) in [6.07, 6.45) is 0. The molecule has 1 aliphatic heterocycles. The highest BCUT2D eigenvalue weighted by molar-refractivity contribution is 6.88. The van der Waals surface area contributed by atoms with E-state index in [-0.39, 0.29) is 0 Å². The maximum Gasteiger partial charge on any atom is 0.272 e. The second-order valence-electron chi connectivity index (χ2n) is 9.36.